The summed E-state index contributed by atoms with van der Waals surface area (Å²) in [6.07, 6.45) is 6.82. The Kier molecular flexibility index (Phi) is 9.97. The van der Waals surface area contributed by atoms with Crippen LogP contribution in [0.3, 0.4) is 0 Å². The highest BCUT2D eigenvalue weighted by Gasteiger charge is 2.48. The van der Waals surface area contributed by atoms with Crippen LogP contribution >= 0.6 is 0 Å². The fourth-order valence-electron chi connectivity index (χ4n) is 6.18. The minimum atomic E-state index is -2.74. The van der Waals surface area contributed by atoms with Gasteiger partial charge in [0, 0.05) is 16.4 Å². The standard InChI is InChI=1S/C23H33FN2O.C6H8O7/c1-4-6-10-22(26(3)5-2)11-13-23(14-12-22)21-18(9-15-27-23)19-16-17(24)7-8-20(19)25-21;7-3(8)1-6(13,5(11)12)2-4(9)10/h7-8,16,25H,4-6,9-15H2,1-3H3;13H,1-2H2,(H,7,8)(H,9,10)(H,11,12). The van der Waals surface area contributed by atoms with E-state index in [1.165, 1.54) is 43.4 Å². The normalized spacial score (nSPS) is 22.6. The maximum atomic E-state index is 13.8. The number of hydrogen-bond donors (Lipinski definition) is 5. The van der Waals surface area contributed by atoms with E-state index < -0.39 is 36.4 Å². The Morgan fingerprint density at radius 2 is 1.70 bits per heavy atom. The molecule has 2 aromatic rings. The molecule has 1 aliphatic carbocycles. The summed E-state index contributed by atoms with van der Waals surface area (Å²) in [6, 6.07) is 5.10. The van der Waals surface area contributed by atoms with Gasteiger partial charge in [-0.05, 0) is 75.9 Å². The van der Waals surface area contributed by atoms with Crippen LogP contribution in [-0.4, -0.2) is 79.6 Å². The first-order valence-electron chi connectivity index (χ1n) is 13.9. The summed E-state index contributed by atoms with van der Waals surface area (Å²) in [5, 5.41) is 34.9. The maximum absolute atomic E-state index is 13.8. The second-order valence-electron chi connectivity index (χ2n) is 11.1. The summed E-state index contributed by atoms with van der Waals surface area (Å²) in [6.45, 7) is 6.38. The number of carboxylic acid groups (broad SMARTS) is 3. The number of aliphatic carboxylic acids is 3. The fourth-order valence-corrected chi connectivity index (χ4v) is 6.18. The Labute approximate surface area is 233 Å². The number of carbonyl (C=O) groups is 3. The zero-order chi connectivity index (χ0) is 29.7. The van der Waals surface area contributed by atoms with Crippen LogP contribution in [0.5, 0.6) is 0 Å². The molecule has 40 heavy (non-hydrogen) atoms. The number of fused-ring (bicyclic) bond motifs is 4. The molecule has 5 N–H and O–H groups in total. The number of nitrogens with one attached hydrogen (secondary N) is 1. The largest absolute Gasteiger partial charge is 0.481 e. The third-order valence-corrected chi connectivity index (χ3v) is 8.61. The minimum absolute atomic E-state index is 0.156. The summed E-state index contributed by atoms with van der Waals surface area (Å²) >= 11 is 0. The monoisotopic (exact) mass is 564 g/mol. The average Bonchev–Trinajstić information content (AvgIpc) is 3.27. The smallest absolute Gasteiger partial charge is 0.336 e. The fraction of sp³-hybridized carbons (Fsp3) is 0.621. The number of aromatic amines is 1. The highest BCUT2D eigenvalue weighted by molar-refractivity contribution is 5.88. The molecule has 0 unspecified atom stereocenters. The molecular formula is C29H41FN2O8. The van der Waals surface area contributed by atoms with Gasteiger partial charge in [0.25, 0.3) is 0 Å². The maximum Gasteiger partial charge on any atom is 0.336 e. The van der Waals surface area contributed by atoms with Crippen LogP contribution < -0.4 is 0 Å². The van der Waals surface area contributed by atoms with E-state index in [0.29, 0.717) is 5.54 Å². The van der Waals surface area contributed by atoms with Crippen molar-refractivity contribution >= 4 is 28.8 Å². The van der Waals surface area contributed by atoms with Crippen molar-refractivity contribution in [2.75, 3.05) is 20.2 Å². The molecule has 1 aliphatic heterocycles. The number of hydrogen-bond acceptors (Lipinski definition) is 6. The molecule has 11 heteroatoms. The lowest BCUT2D eigenvalue weighted by atomic mass is 9.68. The first kappa shape index (κ1) is 31.5. The number of carboxylic acids is 3. The van der Waals surface area contributed by atoms with E-state index in [0.717, 1.165) is 43.3 Å². The number of aromatic nitrogens is 1. The lowest BCUT2D eigenvalue weighted by Gasteiger charge is -2.51. The zero-order valence-corrected chi connectivity index (χ0v) is 23.5. The third kappa shape index (κ3) is 6.64. The molecule has 10 nitrogen and oxygen atoms in total. The van der Waals surface area contributed by atoms with E-state index in [4.69, 9.17) is 25.2 Å². The quantitative estimate of drug-likeness (QED) is 0.284. The summed E-state index contributed by atoms with van der Waals surface area (Å²) in [5.74, 6) is -5.17. The van der Waals surface area contributed by atoms with Crippen molar-refractivity contribution in [1.29, 1.82) is 0 Å². The Hall–Kier alpha value is -3.02. The van der Waals surface area contributed by atoms with E-state index >= 15 is 0 Å². The molecular weight excluding hydrogens is 523 g/mol. The van der Waals surface area contributed by atoms with E-state index in [1.807, 2.05) is 6.07 Å². The van der Waals surface area contributed by atoms with Crippen LogP contribution in [-0.2, 0) is 31.1 Å². The molecule has 222 valence electrons. The lowest BCUT2D eigenvalue weighted by Crippen LogP contribution is -2.53. The number of unbranched alkanes of at least 4 members (excludes halogenated alkanes) is 1. The Morgan fingerprint density at radius 3 is 2.23 bits per heavy atom. The number of halogens is 1. The van der Waals surface area contributed by atoms with Gasteiger partial charge in [0.15, 0.2) is 5.60 Å². The van der Waals surface area contributed by atoms with Gasteiger partial charge >= 0.3 is 17.9 Å². The van der Waals surface area contributed by atoms with Gasteiger partial charge in [-0.25, -0.2) is 9.18 Å². The van der Waals surface area contributed by atoms with Gasteiger partial charge < -0.3 is 35.0 Å². The molecule has 0 amide bonds. The Bertz CT molecular complexity index is 1200. The van der Waals surface area contributed by atoms with Crippen LogP contribution in [0, 0.1) is 5.82 Å². The predicted molar refractivity (Wildman–Crippen MR) is 146 cm³/mol. The number of rotatable bonds is 10. The van der Waals surface area contributed by atoms with Crippen LogP contribution in [0.15, 0.2) is 18.2 Å². The summed E-state index contributed by atoms with van der Waals surface area (Å²) in [5.41, 5.74) is 0.887. The third-order valence-electron chi connectivity index (χ3n) is 8.61. The summed E-state index contributed by atoms with van der Waals surface area (Å²) < 4.78 is 20.3. The number of benzene rings is 1. The van der Waals surface area contributed by atoms with Crippen molar-refractivity contribution < 1.29 is 43.9 Å². The molecule has 0 atom stereocenters. The molecule has 1 aromatic carbocycles. The van der Waals surface area contributed by atoms with Gasteiger partial charge in [-0.15, -0.1) is 0 Å². The average molecular weight is 565 g/mol. The molecule has 0 radical (unpaired) electrons. The molecule has 1 fully saturated rings. The molecule has 0 bridgehead atoms. The Morgan fingerprint density at radius 1 is 1.07 bits per heavy atom. The van der Waals surface area contributed by atoms with Crippen LogP contribution in [0.2, 0.25) is 0 Å². The van der Waals surface area contributed by atoms with Crippen molar-refractivity contribution in [3.63, 3.8) is 0 Å². The van der Waals surface area contributed by atoms with E-state index in [2.05, 4.69) is 30.8 Å². The molecule has 1 spiro atoms. The molecule has 2 aliphatic rings. The molecule has 2 heterocycles. The highest BCUT2D eigenvalue weighted by atomic mass is 19.1. The van der Waals surface area contributed by atoms with Crippen molar-refractivity contribution in [3.8, 4) is 0 Å². The molecule has 1 aromatic heterocycles. The van der Waals surface area contributed by atoms with Crippen LogP contribution in [0.4, 0.5) is 4.39 Å². The lowest BCUT2D eigenvalue weighted by molar-refractivity contribution is -0.170. The number of ether oxygens (including phenoxy) is 1. The number of aliphatic hydroxyl groups is 1. The van der Waals surface area contributed by atoms with Gasteiger partial charge in [-0.2, -0.15) is 0 Å². The summed E-state index contributed by atoms with van der Waals surface area (Å²) in [7, 11) is 2.28. The van der Waals surface area contributed by atoms with E-state index in [9.17, 15) is 18.8 Å². The number of nitrogens with zero attached hydrogens (tertiary/aromatic N) is 1. The molecule has 0 saturated heterocycles. The molecule has 1 saturated carbocycles. The first-order valence-corrected chi connectivity index (χ1v) is 13.9. The first-order chi connectivity index (χ1) is 18.8. The number of H-pyrrole nitrogens is 1. The van der Waals surface area contributed by atoms with Crippen LogP contribution in [0.25, 0.3) is 10.9 Å². The minimum Gasteiger partial charge on any atom is -0.481 e. The van der Waals surface area contributed by atoms with Crippen molar-refractivity contribution in [3.05, 3.63) is 35.3 Å². The van der Waals surface area contributed by atoms with Crippen molar-refractivity contribution in [2.24, 2.45) is 0 Å². The second-order valence-corrected chi connectivity index (χ2v) is 11.1. The van der Waals surface area contributed by atoms with Gasteiger partial charge in [-0.3, -0.25) is 9.59 Å². The van der Waals surface area contributed by atoms with Crippen LogP contribution in [0.1, 0.15) is 82.9 Å². The van der Waals surface area contributed by atoms with E-state index in [-0.39, 0.29) is 11.4 Å². The Balaban J connectivity index is 0.000000289. The van der Waals surface area contributed by atoms with Crippen molar-refractivity contribution in [1.82, 2.24) is 9.88 Å². The molecule has 4 rings (SSSR count). The van der Waals surface area contributed by atoms with Gasteiger partial charge in [-0.1, -0.05) is 26.7 Å². The highest BCUT2D eigenvalue weighted by Crippen LogP contribution is 2.50. The van der Waals surface area contributed by atoms with Crippen molar-refractivity contribution in [2.45, 2.75) is 94.8 Å². The predicted octanol–water partition coefficient (Wildman–Crippen LogP) is 4.28. The SMILES string of the molecule is CCCCC1(N(C)CC)CCC2(CC1)OCCc1c2[nH]c2ccc(F)cc12.O=C(O)CC(O)(CC(=O)O)C(=O)O. The second kappa shape index (κ2) is 12.7. The van der Waals surface area contributed by atoms with Gasteiger partial charge in [0.1, 0.15) is 11.4 Å². The van der Waals surface area contributed by atoms with Gasteiger partial charge in [0.2, 0.25) is 0 Å². The summed E-state index contributed by atoms with van der Waals surface area (Å²) in [4.78, 5) is 36.7. The van der Waals surface area contributed by atoms with Gasteiger partial charge in [0.05, 0.1) is 25.1 Å². The van der Waals surface area contributed by atoms with E-state index in [1.54, 1.807) is 12.1 Å². The topological polar surface area (TPSA) is 160 Å². The zero-order valence-electron chi connectivity index (χ0n) is 23.5.